The van der Waals surface area contributed by atoms with Crippen LogP contribution in [-0.2, 0) is 7.05 Å². The van der Waals surface area contributed by atoms with E-state index < -0.39 is 0 Å². The second kappa shape index (κ2) is 2.35. The summed E-state index contributed by atoms with van der Waals surface area (Å²) in [6.45, 7) is 4.10. The lowest BCUT2D eigenvalue weighted by atomic mass is 10.2. The molecule has 0 fully saturated rings. The zero-order chi connectivity index (χ0) is 9.71. The van der Waals surface area contributed by atoms with E-state index in [1.165, 1.54) is 16.4 Å². The topological polar surface area (TPSA) is 8.29 Å². The van der Waals surface area contributed by atoms with Crippen LogP contribution in [-0.4, -0.2) is 4.40 Å². The first-order chi connectivity index (χ1) is 6.79. The van der Waals surface area contributed by atoms with Crippen LogP contribution in [0.1, 0.15) is 0 Å². The Morgan fingerprint density at radius 2 is 1.93 bits per heavy atom. The van der Waals surface area contributed by atoms with Crippen molar-refractivity contribution >= 4 is 23.0 Å². The van der Waals surface area contributed by atoms with Gasteiger partial charge in [-0.15, -0.1) is 0 Å². The molecule has 0 N–H and O–H groups in total. The Balaban J connectivity index is 2.78. The zero-order valence-corrected chi connectivity index (χ0v) is 8.07. The first-order valence-electron chi connectivity index (χ1n) is 4.65. The van der Waals surface area contributed by atoms with Crippen LogP contribution in [0.2, 0.25) is 0 Å². The first kappa shape index (κ1) is 7.56. The fraction of sp³-hybridized carbons (Fsp3) is 0.0833. The summed E-state index contributed by atoms with van der Waals surface area (Å²) in [5.74, 6) is 0. The third-order valence-corrected chi connectivity index (χ3v) is 2.77. The lowest BCUT2D eigenvalue weighted by Crippen LogP contribution is -2.25. The van der Waals surface area contributed by atoms with Crippen molar-refractivity contribution in [3.05, 3.63) is 42.0 Å². The molecular weight excluding hydrogens is 172 g/mol. The van der Waals surface area contributed by atoms with Crippen molar-refractivity contribution in [1.29, 1.82) is 0 Å². The van der Waals surface area contributed by atoms with Gasteiger partial charge in [-0.2, -0.15) is 4.40 Å². The van der Waals surface area contributed by atoms with Crippen molar-refractivity contribution in [2.45, 2.75) is 0 Å². The summed E-state index contributed by atoms with van der Waals surface area (Å²) < 4.78 is 4.25. The number of nitrogens with zero attached hydrogens (tertiary/aromatic N) is 2. The van der Waals surface area contributed by atoms with Crippen LogP contribution in [0.25, 0.3) is 23.0 Å². The van der Waals surface area contributed by atoms with Gasteiger partial charge in [0.05, 0.1) is 12.4 Å². The molecule has 0 unspecified atom stereocenters. The minimum absolute atomic E-state index is 1.07. The maximum atomic E-state index is 4.10. The van der Waals surface area contributed by atoms with Gasteiger partial charge < -0.3 is 0 Å². The molecule has 0 aliphatic rings. The molecule has 0 amide bonds. The van der Waals surface area contributed by atoms with Gasteiger partial charge in [-0.25, -0.2) is 4.57 Å². The van der Waals surface area contributed by atoms with Gasteiger partial charge in [0.15, 0.2) is 0 Å². The molecule has 14 heavy (non-hydrogen) atoms. The monoisotopic (exact) mass is 183 g/mol. The number of rotatable bonds is 0. The smallest absolute Gasteiger partial charge is 0.232 e. The molecule has 2 aromatic heterocycles. The largest absolute Gasteiger partial charge is 0.294 e. The minimum atomic E-state index is 1.07. The van der Waals surface area contributed by atoms with Crippen LogP contribution in [0, 0.1) is 0 Å². The Bertz CT molecular complexity index is 664. The van der Waals surface area contributed by atoms with Gasteiger partial charge in [0.25, 0.3) is 5.65 Å². The number of hydrogen-bond donors (Lipinski definition) is 0. The van der Waals surface area contributed by atoms with E-state index in [1.54, 1.807) is 0 Å². The number of benzene rings is 1. The summed E-state index contributed by atoms with van der Waals surface area (Å²) >= 11 is 0. The third kappa shape index (κ3) is 0.732. The number of fused-ring (bicyclic) bond motifs is 3. The van der Waals surface area contributed by atoms with E-state index in [-0.39, 0.29) is 0 Å². The molecule has 0 saturated carbocycles. The van der Waals surface area contributed by atoms with Gasteiger partial charge >= 0.3 is 0 Å². The zero-order valence-electron chi connectivity index (χ0n) is 8.07. The highest BCUT2D eigenvalue weighted by Crippen LogP contribution is 2.14. The molecule has 0 atom stereocenters. The van der Waals surface area contributed by atoms with Gasteiger partial charge in [0, 0.05) is 5.39 Å². The summed E-state index contributed by atoms with van der Waals surface area (Å²) in [6.07, 6.45) is 4.11. The summed E-state index contributed by atoms with van der Waals surface area (Å²) in [5, 5.41) is 3.57. The molecule has 2 heteroatoms. The van der Waals surface area contributed by atoms with Crippen LogP contribution in [0.5, 0.6) is 0 Å². The Kier molecular flexibility index (Phi) is 1.27. The van der Waals surface area contributed by atoms with E-state index in [2.05, 4.69) is 59.3 Å². The van der Waals surface area contributed by atoms with E-state index in [0.29, 0.717) is 0 Å². The van der Waals surface area contributed by atoms with E-state index >= 15 is 0 Å². The van der Waals surface area contributed by atoms with Gasteiger partial charge in [-0.1, -0.05) is 18.7 Å². The lowest BCUT2D eigenvalue weighted by Gasteiger charge is -1.85. The standard InChI is InChI=1S/C12H11N2/c1-9-10-5-3-4-6-11(10)12-13(2)7-8-14(9)12/h3-8H,1H2,2H3/q+1. The molecule has 2 nitrogen and oxygen atoms in total. The quantitative estimate of drug-likeness (QED) is 0.460. The molecule has 68 valence electrons. The predicted molar refractivity (Wildman–Crippen MR) is 56.8 cm³/mol. The van der Waals surface area contributed by atoms with Gasteiger partial charge in [-0.3, -0.25) is 0 Å². The van der Waals surface area contributed by atoms with Gasteiger partial charge in [0.2, 0.25) is 0 Å². The molecule has 0 aliphatic heterocycles. The molecule has 0 saturated heterocycles. The van der Waals surface area contributed by atoms with Crippen molar-refractivity contribution in [2.75, 3.05) is 0 Å². The highest BCUT2D eigenvalue weighted by Gasteiger charge is 2.14. The second-order valence-electron chi connectivity index (χ2n) is 3.59. The molecule has 0 spiro atoms. The van der Waals surface area contributed by atoms with Gasteiger partial charge in [-0.05, 0) is 12.1 Å². The van der Waals surface area contributed by atoms with E-state index in [4.69, 9.17) is 0 Å². The molecule has 2 heterocycles. The van der Waals surface area contributed by atoms with Crippen LogP contribution < -0.4 is 9.92 Å². The van der Waals surface area contributed by atoms with Crippen LogP contribution in [0.4, 0.5) is 0 Å². The van der Waals surface area contributed by atoms with Crippen LogP contribution in [0.3, 0.4) is 0 Å². The lowest BCUT2D eigenvalue weighted by molar-refractivity contribution is -0.643. The highest BCUT2D eigenvalue weighted by molar-refractivity contribution is 5.94. The maximum Gasteiger partial charge on any atom is 0.294 e. The number of imidazole rings is 1. The molecular formula is C12H11N2+. The minimum Gasteiger partial charge on any atom is -0.232 e. The van der Waals surface area contributed by atoms with E-state index in [0.717, 1.165) is 5.35 Å². The number of hydrogen-bond acceptors (Lipinski definition) is 0. The summed E-state index contributed by atoms with van der Waals surface area (Å²) in [4.78, 5) is 0. The van der Waals surface area contributed by atoms with Crippen molar-refractivity contribution in [3.8, 4) is 0 Å². The summed E-state index contributed by atoms with van der Waals surface area (Å²) in [5.41, 5.74) is 1.21. The average Bonchev–Trinajstić information content (AvgIpc) is 2.70. The van der Waals surface area contributed by atoms with Crippen molar-refractivity contribution in [3.63, 3.8) is 0 Å². The molecule has 0 aliphatic carbocycles. The average molecular weight is 183 g/mol. The molecule has 0 radical (unpaired) electrons. The Morgan fingerprint density at radius 1 is 1.21 bits per heavy atom. The molecule has 3 aromatic rings. The third-order valence-electron chi connectivity index (χ3n) is 2.77. The Morgan fingerprint density at radius 3 is 2.71 bits per heavy atom. The first-order valence-corrected chi connectivity index (χ1v) is 4.65. The van der Waals surface area contributed by atoms with Crippen molar-refractivity contribution in [1.82, 2.24) is 4.40 Å². The molecule has 0 bridgehead atoms. The van der Waals surface area contributed by atoms with Crippen LogP contribution >= 0.6 is 0 Å². The Labute approximate surface area is 81.7 Å². The fourth-order valence-electron chi connectivity index (χ4n) is 2.07. The van der Waals surface area contributed by atoms with Crippen LogP contribution in [0.15, 0.2) is 36.7 Å². The fourth-order valence-corrected chi connectivity index (χ4v) is 2.07. The van der Waals surface area contributed by atoms with E-state index in [1.807, 2.05) is 0 Å². The second-order valence-corrected chi connectivity index (χ2v) is 3.59. The predicted octanol–water partition coefficient (Wildman–Crippen LogP) is 1.05. The SMILES string of the molecule is C=c1c2ccccc2c2n1cc[n+]2C. The van der Waals surface area contributed by atoms with Gasteiger partial charge in [0.1, 0.15) is 17.7 Å². The van der Waals surface area contributed by atoms with Crippen molar-refractivity contribution < 1.29 is 4.57 Å². The summed E-state index contributed by atoms with van der Waals surface area (Å²) in [7, 11) is 2.06. The molecule has 1 aromatic carbocycles. The Hall–Kier alpha value is -1.83. The van der Waals surface area contributed by atoms with E-state index in [9.17, 15) is 0 Å². The number of aryl methyl sites for hydroxylation is 1. The summed E-state index contributed by atoms with van der Waals surface area (Å²) in [6, 6.07) is 8.37. The number of aromatic nitrogens is 2. The molecule has 3 rings (SSSR count). The van der Waals surface area contributed by atoms with Crippen molar-refractivity contribution in [2.24, 2.45) is 7.05 Å². The maximum absolute atomic E-state index is 4.10. The normalized spacial score (nSPS) is 11.5. The highest BCUT2D eigenvalue weighted by atomic mass is 15.1.